The highest BCUT2D eigenvalue weighted by Gasteiger charge is 2.26. The topological polar surface area (TPSA) is 68.3 Å². The van der Waals surface area contributed by atoms with E-state index in [1.807, 2.05) is 38.0 Å². The molecule has 0 bridgehead atoms. The lowest BCUT2D eigenvalue weighted by Gasteiger charge is -2.18. The summed E-state index contributed by atoms with van der Waals surface area (Å²) in [4.78, 5) is 28.1. The van der Waals surface area contributed by atoms with Gasteiger partial charge in [-0.05, 0) is 52.5 Å². The number of carbonyl (C=O) groups is 2. The van der Waals surface area contributed by atoms with Crippen molar-refractivity contribution in [2.45, 2.75) is 12.5 Å². The Labute approximate surface area is 159 Å². The number of hydrogen-bond donors (Lipinski definition) is 0. The van der Waals surface area contributed by atoms with Gasteiger partial charge in [0.05, 0.1) is 6.42 Å². The fourth-order valence-electron chi connectivity index (χ4n) is 1.82. The number of halogens is 1. The van der Waals surface area contributed by atoms with Crippen LogP contribution in [0.3, 0.4) is 0 Å². The number of rotatable bonds is 11. The van der Waals surface area contributed by atoms with Gasteiger partial charge in [-0.1, -0.05) is 11.6 Å². The molecule has 7 nitrogen and oxygen atoms in total. The van der Waals surface area contributed by atoms with E-state index in [0.717, 1.165) is 0 Å². The number of likely N-dealkylation sites (N-methyl/N-ethyl adjacent to an activating group) is 2. The maximum atomic E-state index is 12.3. The first kappa shape index (κ1) is 22.2. The lowest BCUT2D eigenvalue weighted by Crippen LogP contribution is -2.34. The monoisotopic (exact) mass is 386 g/mol. The smallest absolute Gasteiger partial charge is 0.348 e. The number of nitrogens with zero attached hydrogens (tertiary/aromatic N) is 2. The van der Waals surface area contributed by atoms with Crippen LogP contribution in [0.2, 0.25) is 5.02 Å². The second kappa shape index (κ2) is 11.7. The van der Waals surface area contributed by atoms with E-state index in [2.05, 4.69) is 0 Å². The van der Waals surface area contributed by atoms with Crippen molar-refractivity contribution in [3.63, 3.8) is 0 Å². The standard InChI is InChI=1S/C18H27ClN2O5/c1-20(2)9-11-24-17(22)13-16(18(23)25-12-10-21(3)4)26-15-7-5-14(19)6-8-15/h5-8,16H,9-13H2,1-4H3. The van der Waals surface area contributed by atoms with Gasteiger partial charge in [-0.15, -0.1) is 0 Å². The van der Waals surface area contributed by atoms with Crippen molar-refractivity contribution >= 4 is 23.5 Å². The molecule has 0 aliphatic heterocycles. The minimum absolute atomic E-state index is 0.210. The van der Waals surface area contributed by atoms with E-state index >= 15 is 0 Å². The summed E-state index contributed by atoms with van der Waals surface area (Å²) in [5, 5.41) is 0.547. The first-order valence-electron chi connectivity index (χ1n) is 8.32. The maximum Gasteiger partial charge on any atom is 0.348 e. The Hall–Kier alpha value is -1.83. The molecule has 1 rings (SSSR count). The van der Waals surface area contributed by atoms with Crippen LogP contribution in [0.5, 0.6) is 5.75 Å². The van der Waals surface area contributed by atoms with Crippen LogP contribution in [-0.4, -0.2) is 82.3 Å². The Morgan fingerprint density at radius 3 is 2.04 bits per heavy atom. The minimum Gasteiger partial charge on any atom is -0.478 e. The summed E-state index contributed by atoms with van der Waals surface area (Å²) in [5.41, 5.74) is 0. The van der Waals surface area contributed by atoms with Crippen LogP contribution in [0.15, 0.2) is 24.3 Å². The molecule has 0 spiro atoms. The van der Waals surface area contributed by atoms with Gasteiger partial charge < -0.3 is 24.0 Å². The fourth-order valence-corrected chi connectivity index (χ4v) is 1.95. The van der Waals surface area contributed by atoms with E-state index in [9.17, 15) is 9.59 Å². The van der Waals surface area contributed by atoms with Gasteiger partial charge in [0, 0.05) is 18.1 Å². The molecule has 0 radical (unpaired) electrons. The predicted molar refractivity (Wildman–Crippen MR) is 99.5 cm³/mol. The lowest BCUT2D eigenvalue weighted by atomic mass is 10.2. The number of carbonyl (C=O) groups excluding carboxylic acids is 2. The summed E-state index contributed by atoms with van der Waals surface area (Å²) in [6.45, 7) is 1.63. The summed E-state index contributed by atoms with van der Waals surface area (Å²) >= 11 is 5.85. The molecule has 146 valence electrons. The van der Waals surface area contributed by atoms with Crippen molar-refractivity contribution in [1.82, 2.24) is 9.80 Å². The summed E-state index contributed by atoms with van der Waals surface area (Å²) in [7, 11) is 7.50. The third kappa shape index (κ3) is 9.60. The van der Waals surface area contributed by atoms with Gasteiger partial charge >= 0.3 is 11.9 Å². The van der Waals surface area contributed by atoms with Gasteiger partial charge in [0.25, 0.3) is 0 Å². The Morgan fingerprint density at radius 2 is 1.50 bits per heavy atom. The molecular weight excluding hydrogens is 360 g/mol. The number of benzene rings is 1. The predicted octanol–water partition coefficient (Wildman–Crippen LogP) is 1.69. The van der Waals surface area contributed by atoms with E-state index in [1.165, 1.54) is 0 Å². The molecule has 1 atom stereocenters. The highest BCUT2D eigenvalue weighted by atomic mass is 35.5. The number of ether oxygens (including phenoxy) is 3. The molecule has 0 saturated heterocycles. The highest BCUT2D eigenvalue weighted by Crippen LogP contribution is 2.18. The van der Waals surface area contributed by atoms with Crippen LogP contribution in [0, 0.1) is 0 Å². The molecule has 8 heteroatoms. The molecule has 0 N–H and O–H groups in total. The third-order valence-electron chi connectivity index (χ3n) is 3.29. The highest BCUT2D eigenvalue weighted by molar-refractivity contribution is 6.30. The van der Waals surface area contributed by atoms with Crippen LogP contribution in [0.4, 0.5) is 0 Å². The SMILES string of the molecule is CN(C)CCOC(=O)CC(Oc1ccc(Cl)cc1)C(=O)OCCN(C)C. The van der Waals surface area contributed by atoms with Crippen molar-refractivity contribution in [2.24, 2.45) is 0 Å². The molecule has 0 fully saturated rings. The zero-order valence-electron chi connectivity index (χ0n) is 15.7. The average Bonchev–Trinajstić information content (AvgIpc) is 2.55. The summed E-state index contributed by atoms with van der Waals surface area (Å²) in [6, 6.07) is 6.53. The molecule has 0 saturated carbocycles. The van der Waals surface area contributed by atoms with Crippen molar-refractivity contribution in [3.8, 4) is 5.75 Å². The average molecular weight is 387 g/mol. The van der Waals surface area contributed by atoms with Gasteiger partial charge in [0.2, 0.25) is 6.10 Å². The Bertz CT molecular complexity index is 563. The molecule has 26 heavy (non-hydrogen) atoms. The maximum absolute atomic E-state index is 12.3. The van der Waals surface area contributed by atoms with Crippen molar-refractivity contribution in [3.05, 3.63) is 29.3 Å². The van der Waals surface area contributed by atoms with Crippen LogP contribution in [0.1, 0.15) is 6.42 Å². The normalized spacial score (nSPS) is 12.1. The van der Waals surface area contributed by atoms with E-state index in [4.69, 9.17) is 25.8 Å². The van der Waals surface area contributed by atoms with Gasteiger partial charge in [-0.3, -0.25) is 4.79 Å². The molecule has 1 aromatic rings. The summed E-state index contributed by atoms with van der Waals surface area (Å²) < 4.78 is 16.0. The van der Waals surface area contributed by atoms with Gasteiger partial charge in [0.15, 0.2) is 0 Å². The molecule has 0 aliphatic rings. The molecule has 0 aromatic heterocycles. The molecule has 0 heterocycles. The van der Waals surface area contributed by atoms with Crippen molar-refractivity contribution < 1.29 is 23.8 Å². The third-order valence-corrected chi connectivity index (χ3v) is 3.54. The quantitative estimate of drug-likeness (QED) is 0.536. The van der Waals surface area contributed by atoms with E-state index < -0.39 is 18.0 Å². The second-order valence-electron chi connectivity index (χ2n) is 6.26. The second-order valence-corrected chi connectivity index (χ2v) is 6.70. The first-order valence-corrected chi connectivity index (χ1v) is 8.69. The van der Waals surface area contributed by atoms with E-state index in [-0.39, 0.29) is 19.6 Å². The van der Waals surface area contributed by atoms with Crippen molar-refractivity contribution in [1.29, 1.82) is 0 Å². The van der Waals surface area contributed by atoms with Crippen LogP contribution < -0.4 is 4.74 Å². The van der Waals surface area contributed by atoms with Crippen molar-refractivity contribution in [2.75, 3.05) is 54.5 Å². The zero-order valence-corrected chi connectivity index (χ0v) is 16.5. The summed E-state index contributed by atoms with van der Waals surface area (Å²) in [5.74, 6) is -0.702. The Kier molecular flexibility index (Phi) is 10.0. The number of hydrogen-bond acceptors (Lipinski definition) is 7. The Morgan fingerprint density at radius 1 is 0.962 bits per heavy atom. The molecule has 1 unspecified atom stereocenters. The van der Waals surface area contributed by atoms with Crippen LogP contribution >= 0.6 is 11.6 Å². The molecule has 0 aliphatic carbocycles. The van der Waals surface area contributed by atoms with Crippen LogP contribution in [0.25, 0.3) is 0 Å². The zero-order chi connectivity index (χ0) is 19.5. The minimum atomic E-state index is -1.08. The Balaban J connectivity index is 2.65. The first-order chi connectivity index (χ1) is 12.3. The largest absolute Gasteiger partial charge is 0.478 e. The van der Waals surface area contributed by atoms with Crippen LogP contribution in [-0.2, 0) is 19.1 Å². The van der Waals surface area contributed by atoms with Gasteiger partial charge in [0.1, 0.15) is 19.0 Å². The van der Waals surface area contributed by atoms with Gasteiger partial charge in [-0.25, -0.2) is 4.79 Å². The fraction of sp³-hybridized carbons (Fsp3) is 0.556. The lowest BCUT2D eigenvalue weighted by molar-refractivity contribution is -0.158. The molecular formula is C18H27ClN2O5. The molecule has 0 amide bonds. The molecule has 1 aromatic carbocycles. The van der Waals surface area contributed by atoms with E-state index in [0.29, 0.717) is 23.9 Å². The summed E-state index contributed by atoms with van der Waals surface area (Å²) in [6.07, 6.45) is -1.30. The van der Waals surface area contributed by atoms with Gasteiger partial charge in [-0.2, -0.15) is 0 Å². The van der Waals surface area contributed by atoms with E-state index in [1.54, 1.807) is 24.3 Å². The number of esters is 2.